The molecule has 1 aliphatic carbocycles. The molecule has 5 nitrogen and oxygen atoms in total. The second kappa shape index (κ2) is 6.92. The average Bonchev–Trinajstić information content (AvgIpc) is 3.34. The molecule has 2 N–H and O–H groups in total. The van der Waals surface area contributed by atoms with Gasteiger partial charge in [-0.1, -0.05) is 18.2 Å². The van der Waals surface area contributed by atoms with Crippen molar-refractivity contribution >= 4 is 5.91 Å². The number of rotatable bonds is 7. The number of nitrogens with one attached hydrogen (secondary N) is 1. The SMILES string of the molecule is COc1ccccc1C1(C(=O)NCCC(O)c2cc(C)oc2C)CC1. The van der Waals surface area contributed by atoms with Gasteiger partial charge in [-0.05, 0) is 45.2 Å². The van der Waals surface area contributed by atoms with Gasteiger partial charge in [-0.15, -0.1) is 0 Å². The Balaban J connectivity index is 1.60. The Morgan fingerprint density at radius 2 is 2.08 bits per heavy atom. The molecule has 1 fully saturated rings. The zero-order valence-electron chi connectivity index (χ0n) is 15.0. The van der Waals surface area contributed by atoms with Crippen LogP contribution in [-0.4, -0.2) is 24.7 Å². The van der Waals surface area contributed by atoms with Crippen molar-refractivity contribution < 1.29 is 19.1 Å². The number of carbonyl (C=O) groups is 1. The molecule has 134 valence electrons. The van der Waals surface area contributed by atoms with Crippen LogP contribution in [0.5, 0.6) is 5.75 Å². The summed E-state index contributed by atoms with van der Waals surface area (Å²) in [5.74, 6) is 2.26. The van der Waals surface area contributed by atoms with Gasteiger partial charge in [-0.3, -0.25) is 4.79 Å². The highest BCUT2D eigenvalue weighted by atomic mass is 16.5. The number of methoxy groups -OCH3 is 1. The van der Waals surface area contributed by atoms with Gasteiger partial charge in [0, 0.05) is 17.7 Å². The first-order valence-electron chi connectivity index (χ1n) is 8.65. The number of furan rings is 1. The van der Waals surface area contributed by atoms with E-state index in [-0.39, 0.29) is 5.91 Å². The highest BCUT2D eigenvalue weighted by molar-refractivity contribution is 5.92. The average molecular weight is 343 g/mol. The molecule has 1 aromatic heterocycles. The lowest BCUT2D eigenvalue weighted by molar-refractivity contribution is -0.123. The molecule has 1 atom stereocenters. The summed E-state index contributed by atoms with van der Waals surface area (Å²) in [6.45, 7) is 4.11. The first kappa shape index (κ1) is 17.5. The topological polar surface area (TPSA) is 71.7 Å². The fraction of sp³-hybridized carbons (Fsp3) is 0.450. The predicted molar refractivity (Wildman–Crippen MR) is 94.7 cm³/mol. The maximum Gasteiger partial charge on any atom is 0.230 e. The van der Waals surface area contributed by atoms with Crippen LogP contribution in [0.15, 0.2) is 34.7 Å². The van der Waals surface area contributed by atoms with Crippen molar-refractivity contribution in [3.63, 3.8) is 0 Å². The van der Waals surface area contributed by atoms with Gasteiger partial charge in [-0.2, -0.15) is 0 Å². The highest BCUT2D eigenvalue weighted by Crippen LogP contribution is 2.51. The van der Waals surface area contributed by atoms with E-state index < -0.39 is 11.5 Å². The number of ether oxygens (including phenoxy) is 1. The van der Waals surface area contributed by atoms with Crippen LogP contribution in [0.25, 0.3) is 0 Å². The summed E-state index contributed by atoms with van der Waals surface area (Å²) in [7, 11) is 1.62. The van der Waals surface area contributed by atoms with Crippen LogP contribution in [0.3, 0.4) is 0 Å². The summed E-state index contributed by atoms with van der Waals surface area (Å²) in [5, 5.41) is 13.3. The molecule has 3 rings (SSSR count). The maximum absolute atomic E-state index is 12.7. The first-order valence-corrected chi connectivity index (χ1v) is 8.65. The Labute approximate surface area is 148 Å². The number of aliphatic hydroxyl groups is 1. The molecular weight excluding hydrogens is 318 g/mol. The van der Waals surface area contributed by atoms with Crippen LogP contribution in [0.1, 0.15) is 48.0 Å². The zero-order valence-corrected chi connectivity index (χ0v) is 15.0. The Morgan fingerprint density at radius 1 is 1.36 bits per heavy atom. The van der Waals surface area contributed by atoms with Gasteiger partial charge < -0.3 is 19.6 Å². The minimum Gasteiger partial charge on any atom is -0.496 e. The zero-order chi connectivity index (χ0) is 18.0. The second-order valence-electron chi connectivity index (χ2n) is 6.71. The lowest BCUT2D eigenvalue weighted by Crippen LogP contribution is -2.36. The molecule has 1 unspecified atom stereocenters. The van der Waals surface area contributed by atoms with Gasteiger partial charge in [-0.25, -0.2) is 0 Å². The van der Waals surface area contributed by atoms with Crippen molar-refractivity contribution in [3.05, 3.63) is 53.0 Å². The second-order valence-corrected chi connectivity index (χ2v) is 6.71. The number of hydrogen-bond acceptors (Lipinski definition) is 4. The molecule has 1 heterocycles. The largest absolute Gasteiger partial charge is 0.496 e. The molecule has 0 saturated heterocycles. The fourth-order valence-electron chi connectivity index (χ4n) is 3.41. The third kappa shape index (κ3) is 3.42. The minimum absolute atomic E-state index is 0.00398. The smallest absolute Gasteiger partial charge is 0.230 e. The third-order valence-corrected chi connectivity index (χ3v) is 4.95. The Bertz CT molecular complexity index is 761. The van der Waals surface area contributed by atoms with Crippen molar-refractivity contribution in [1.82, 2.24) is 5.32 Å². The van der Waals surface area contributed by atoms with Gasteiger partial charge in [0.25, 0.3) is 0 Å². The third-order valence-electron chi connectivity index (χ3n) is 4.95. The Morgan fingerprint density at radius 3 is 2.68 bits per heavy atom. The van der Waals surface area contributed by atoms with Crippen molar-refractivity contribution in [1.29, 1.82) is 0 Å². The summed E-state index contributed by atoms with van der Waals surface area (Å²) in [4.78, 5) is 12.7. The van der Waals surface area contributed by atoms with Gasteiger partial charge in [0.05, 0.1) is 18.6 Å². The van der Waals surface area contributed by atoms with Crippen molar-refractivity contribution in [2.75, 3.05) is 13.7 Å². The normalized spacial score (nSPS) is 16.3. The van der Waals surface area contributed by atoms with Gasteiger partial charge in [0.15, 0.2) is 0 Å². The summed E-state index contributed by atoms with van der Waals surface area (Å²) in [5.41, 5.74) is 1.24. The molecule has 0 spiro atoms. The van der Waals surface area contributed by atoms with Crippen LogP contribution >= 0.6 is 0 Å². The molecule has 25 heavy (non-hydrogen) atoms. The van der Waals surface area contributed by atoms with E-state index >= 15 is 0 Å². The number of benzene rings is 1. The minimum atomic E-state index is -0.640. The van der Waals surface area contributed by atoms with E-state index in [0.717, 1.165) is 41.2 Å². The van der Waals surface area contributed by atoms with E-state index in [4.69, 9.17) is 9.15 Å². The summed E-state index contributed by atoms with van der Waals surface area (Å²) >= 11 is 0. The van der Waals surface area contributed by atoms with Gasteiger partial charge in [0.1, 0.15) is 17.3 Å². The van der Waals surface area contributed by atoms with Crippen LogP contribution in [0.4, 0.5) is 0 Å². The molecule has 1 saturated carbocycles. The van der Waals surface area contributed by atoms with Crippen LogP contribution < -0.4 is 10.1 Å². The summed E-state index contributed by atoms with van der Waals surface area (Å²) in [6, 6.07) is 9.52. The molecule has 0 radical (unpaired) electrons. The van der Waals surface area contributed by atoms with Crippen LogP contribution in [0.2, 0.25) is 0 Å². The van der Waals surface area contributed by atoms with Gasteiger partial charge >= 0.3 is 0 Å². The fourth-order valence-corrected chi connectivity index (χ4v) is 3.41. The maximum atomic E-state index is 12.7. The molecule has 1 aromatic carbocycles. The van der Waals surface area contributed by atoms with Crippen LogP contribution in [0, 0.1) is 13.8 Å². The quantitative estimate of drug-likeness (QED) is 0.810. The molecule has 0 aliphatic heterocycles. The molecule has 2 aromatic rings. The Hall–Kier alpha value is -2.27. The van der Waals surface area contributed by atoms with Crippen molar-refractivity contribution in [2.45, 2.75) is 44.6 Å². The van der Waals surface area contributed by atoms with Gasteiger partial charge in [0.2, 0.25) is 5.91 Å². The van der Waals surface area contributed by atoms with Crippen LogP contribution in [-0.2, 0) is 10.2 Å². The number of aryl methyl sites for hydroxylation is 2. The summed E-state index contributed by atoms with van der Waals surface area (Å²) in [6.07, 6.45) is 1.45. The molecular formula is C20H25NO4. The molecule has 1 aliphatic rings. The van der Waals surface area contributed by atoms with Crippen molar-refractivity contribution in [3.8, 4) is 5.75 Å². The van der Waals surface area contributed by atoms with E-state index in [1.165, 1.54) is 0 Å². The molecule has 5 heteroatoms. The van der Waals surface area contributed by atoms with E-state index in [1.54, 1.807) is 7.11 Å². The lowest BCUT2D eigenvalue weighted by atomic mass is 9.94. The number of carbonyl (C=O) groups excluding carboxylic acids is 1. The van der Waals surface area contributed by atoms with E-state index in [0.29, 0.717) is 13.0 Å². The number of amides is 1. The standard InChI is InChI=1S/C20H25NO4/c1-13-12-15(14(2)25-13)17(22)8-11-21-19(23)20(9-10-20)16-6-4-5-7-18(16)24-3/h4-7,12,17,22H,8-11H2,1-3H3,(H,21,23). The van der Waals surface area contributed by atoms with E-state index in [9.17, 15) is 9.90 Å². The Kier molecular flexibility index (Phi) is 4.86. The number of hydrogen-bond donors (Lipinski definition) is 2. The van der Waals surface area contributed by atoms with E-state index in [1.807, 2.05) is 44.2 Å². The predicted octanol–water partition coefficient (Wildman–Crippen LogP) is 3.18. The molecule has 0 bridgehead atoms. The highest BCUT2D eigenvalue weighted by Gasteiger charge is 2.52. The lowest BCUT2D eigenvalue weighted by Gasteiger charge is -2.19. The monoisotopic (exact) mass is 343 g/mol. The van der Waals surface area contributed by atoms with Crippen molar-refractivity contribution in [2.24, 2.45) is 0 Å². The summed E-state index contributed by atoms with van der Waals surface area (Å²) < 4.78 is 10.9. The van der Waals surface area contributed by atoms with E-state index in [2.05, 4.69) is 5.32 Å². The number of aliphatic hydroxyl groups excluding tert-OH is 1. The molecule has 1 amide bonds. The first-order chi connectivity index (χ1) is 12.0. The number of para-hydroxylation sites is 1.